The molecule has 18 heavy (non-hydrogen) atoms. The summed E-state index contributed by atoms with van der Waals surface area (Å²) >= 11 is 1.73. The summed E-state index contributed by atoms with van der Waals surface area (Å²) in [5.74, 6) is 0. The van der Waals surface area contributed by atoms with Crippen LogP contribution >= 0.6 is 11.3 Å². The van der Waals surface area contributed by atoms with Gasteiger partial charge < -0.3 is 5.32 Å². The molecule has 0 aliphatic heterocycles. The highest BCUT2D eigenvalue weighted by Gasteiger charge is 2.05. The van der Waals surface area contributed by atoms with Gasteiger partial charge in [0, 0.05) is 12.8 Å². The molecule has 0 saturated carbocycles. The molecule has 0 aliphatic rings. The molecule has 1 aromatic heterocycles. The average molecular weight is 261 g/mol. The average Bonchev–Trinajstić information content (AvgIpc) is 2.77. The lowest BCUT2D eigenvalue weighted by molar-refractivity contribution is 0.717. The van der Waals surface area contributed by atoms with Gasteiger partial charge in [-0.25, -0.2) is 0 Å². The maximum atomic E-state index is 4.27. The first-order valence-corrected chi connectivity index (χ1v) is 7.11. The van der Waals surface area contributed by atoms with Crippen molar-refractivity contribution >= 4 is 11.3 Å². The number of aryl methyl sites for hydroxylation is 2. The normalized spacial score (nSPS) is 10.8. The minimum atomic E-state index is 0.894. The third-order valence-corrected chi connectivity index (χ3v) is 3.75. The molecule has 0 fully saturated rings. The van der Waals surface area contributed by atoms with Gasteiger partial charge in [-0.2, -0.15) is 0 Å². The van der Waals surface area contributed by atoms with Gasteiger partial charge in [0.1, 0.15) is 10.0 Å². The van der Waals surface area contributed by atoms with E-state index in [0.29, 0.717) is 0 Å². The van der Waals surface area contributed by atoms with Gasteiger partial charge in [0.15, 0.2) is 0 Å². The molecule has 0 bridgehead atoms. The van der Waals surface area contributed by atoms with Crippen molar-refractivity contribution in [2.24, 2.45) is 0 Å². The predicted molar refractivity (Wildman–Crippen MR) is 76.1 cm³/mol. The van der Waals surface area contributed by atoms with Gasteiger partial charge in [-0.15, -0.1) is 21.5 Å². The second-order valence-corrected chi connectivity index (χ2v) is 5.61. The van der Waals surface area contributed by atoms with Crippen LogP contribution in [0.25, 0.3) is 0 Å². The van der Waals surface area contributed by atoms with Crippen LogP contribution < -0.4 is 5.32 Å². The SMILES string of the molecule is CNCCCc1nnc(Cc2cccc(C)c2)s1. The molecule has 0 spiro atoms. The van der Waals surface area contributed by atoms with E-state index in [2.05, 4.69) is 46.7 Å². The second-order valence-electron chi connectivity index (χ2n) is 4.46. The van der Waals surface area contributed by atoms with Crippen LogP contribution in [0.15, 0.2) is 24.3 Å². The standard InChI is InChI=1S/C14H19N3S/c1-11-5-3-6-12(9-11)10-14-17-16-13(18-14)7-4-8-15-2/h3,5-6,9,15H,4,7-8,10H2,1-2H3. The Balaban J connectivity index is 1.94. The molecule has 0 radical (unpaired) electrons. The number of rotatable bonds is 6. The molecular formula is C14H19N3S. The smallest absolute Gasteiger partial charge is 0.121 e. The van der Waals surface area contributed by atoms with E-state index in [1.165, 1.54) is 11.1 Å². The van der Waals surface area contributed by atoms with Crippen molar-refractivity contribution in [2.45, 2.75) is 26.2 Å². The van der Waals surface area contributed by atoms with Crippen molar-refractivity contribution in [3.63, 3.8) is 0 Å². The molecule has 1 aromatic carbocycles. The van der Waals surface area contributed by atoms with E-state index in [9.17, 15) is 0 Å². The molecule has 2 aromatic rings. The summed E-state index contributed by atoms with van der Waals surface area (Å²) < 4.78 is 0. The topological polar surface area (TPSA) is 37.8 Å². The molecule has 3 nitrogen and oxygen atoms in total. The number of benzene rings is 1. The van der Waals surface area contributed by atoms with E-state index in [-0.39, 0.29) is 0 Å². The highest BCUT2D eigenvalue weighted by atomic mass is 32.1. The fourth-order valence-electron chi connectivity index (χ4n) is 1.87. The van der Waals surface area contributed by atoms with Crippen LogP contribution in [0.2, 0.25) is 0 Å². The zero-order chi connectivity index (χ0) is 12.8. The fourth-order valence-corrected chi connectivity index (χ4v) is 2.79. The van der Waals surface area contributed by atoms with Crippen molar-refractivity contribution in [1.82, 2.24) is 15.5 Å². The lowest BCUT2D eigenvalue weighted by Crippen LogP contribution is -2.08. The van der Waals surface area contributed by atoms with Crippen LogP contribution in [-0.2, 0) is 12.8 Å². The van der Waals surface area contributed by atoms with Gasteiger partial charge in [-0.1, -0.05) is 29.8 Å². The predicted octanol–water partition coefficient (Wildman–Crippen LogP) is 2.59. The number of hydrogen-bond donors (Lipinski definition) is 1. The summed E-state index contributed by atoms with van der Waals surface area (Å²) in [5.41, 5.74) is 2.61. The van der Waals surface area contributed by atoms with Gasteiger partial charge in [-0.05, 0) is 32.5 Å². The molecule has 0 amide bonds. The van der Waals surface area contributed by atoms with E-state index >= 15 is 0 Å². The number of aromatic nitrogens is 2. The van der Waals surface area contributed by atoms with Crippen molar-refractivity contribution in [3.05, 3.63) is 45.4 Å². The Kier molecular flexibility index (Phi) is 4.84. The highest BCUT2D eigenvalue weighted by molar-refractivity contribution is 7.11. The first-order valence-electron chi connectivity index (χ1n) is 6.29. The molecular weight excluding hydrogens is 242 g/mol. The third kappa shape index (κ3) is 3.89. The maximum Gasteiger partial charge on any atom is 0.121 e. The number of hydrogen-bond acceptors (Lipinski definition) is 4. The molecule has 0 saturated heterocycles. The van der Waals surface area contributed by atoms with Crippen LogP contribution in [0.4, 0.5) is 0 Å². The van der Waals surface area contributed by atoms with Crippen LogP contribution in [0.3, 0.4) is 0 Å². The summed E-state index contributed by atoms with van der Waals surface area (Å²) in [5, 5.41) is 13.9. The number of nitrogens with zero attached hydrogens (tertiary/aromatic N) is 2. The second kappa shape index (κ2) is 6.61. The fraction of sp³-hybridized carbons (Fsp3) is 0.429. The van der Waals surface area contributed by atoms with Crippen molar-refractivity contribution in [3.8, 4) is 0 Å². The summed E-state index contributed by atoms with van der Waals surface area (Å²) in [6, 6.07) is 8.57. The molecule has 2 rings (SSSR count). The van der Waals surface area contributed by atoms with Crippen LogP contribution in [0.1, 0.15) is 27.6 Å². The molecule has 0 unspecified atom stereocenters. The van der Waals surface area contributed by atoms with E-state index in [0.717, 1.165) is 35.8 Å². The Morgan fingerprint density at radius 3 is 2.83 bits per heavy atom. The molecule has 96 valence electrons. The minimum absolute atomic E-state index is 0.894. The summed E-state index contributed by atoms with van der Waals surface area (Å²) in [6.45, 7) is 3.15. The maximum absolute atomic E-state index is 4.27. The quantitative estimate of drug-likeness (QED) is 0.812. The highest BCUT2D eigenvalue weighted by Crippen LogP contribution is 2.16. The van der Waals surface area contributed by atoms with Crippen LogP contribution in [0.5, 0.6) is 0 Å². The Morgan fingerprint density at radius 2 is 2.06 bits per heavy atom. The molecule has 0 atom stereocenters. The Morgan fingerprint density at radius 1 is 1.22 bits per heavy atom. The van der Waals surface area contributed by atoms with Gasteiger partial charge in [0.05, 0.1) is 0 Å². The first kappa shape index (κ1) is 13.2. The van der Waals surface area contributed by atoms with Gasteiger partial charge in [0.25, 0.3) is 0 Å². The van der Waals surface area contributed by atoms with Crippen LogP contribution in [0, 0.1) is 6.92 Å². The first-order chi connectivity index (χ1) is 8.78. The third-order valence-electron chi connectivity index (χ3n) is 2.76. The summed E-state index contributed by atoms with van der Waals surface area (Å²) in [7, 11) is 1.98. The van der Waals surface area contributed by atoms with E-state index in [4.69, 9.17) is 0 Å². The molecule has 4 heteroatoms. The lowest BCUT2D eigenvalue weighted by Gasteiger charge is -1.98. The Labute approximate surface area is 112 Å². The molecule has 1 N–H and O–H groups in total. The zero-order valence-corrected chi connectivity index (χ0v) is 11.8. The van der Waals surface area contributed by atoms with Gasteiger partial charge in [-0.3, -0.25) is 0 Å². The molecule has 0 aliphatic carbocycles. The zero-order valence-electron chi connectivity index (χ0n) is 10.9. The summed E-state index contributed by atoms with van der Waals surface area (Å²) in [4.78, 5) is 0. The van der Waals surface area contributed by atoms with Crippen molar-refractivity contribution in [1.29, 1.82) is 0 Å². The Hall–Kier alpha value is -1.26. The Bertz CT molecular complexity index is 493. The largest absolute Gasteiger partial charge is 0.320 e. The minimum Gasteiger partial charge on any atom is -0.320 e. The lowest BCUT2D eigenvalue weighted by atomic mass is 10.1. The van der Waals surface area contributed by atoms with Gasteiger partial charge in [0.2, 0.25) is 0 Å². The van der Waals surface area contributed by atoms with E-state index in [1.54, 1.807) is 11.3 Å². The van der Waals surface area contributed by atoms with Crippen molar-refractivity contribution in [2.75, 3.05) is 13.6 Å². The summed E-state index contributed by atoms with van der Waals surface area (Å²) in [6.07, 6.45) is 3.03. The van der Waals surface area contributed by atoms with Crippen molar-refractivity contribution < 1.29 is 0 Å². The van der Waals surface area contributed by atoms with E-state index < -0.39 is 0 Å². The molecule has 1 heterocycles. The number of nitrogens with one attached hydrogen (secondary N) is 1. The van der Waals surface area contributed by atoms with Gasteiger partial charge >= 0.3 is 0 Å². The monoisotopic (exact) mass is 261 g/mol. The van der Waals surface area contributed by atoms with E-state index in [1.807, 2.05) is 7.05 Å². The van der Waals surface area contributed by atoms with Crippen LogP contribution in [-0.4, -0.2) is 23.8 Å².